The van der Waals surface area contributed by atoms with Crippen molar-refractivity contribution in [1.29, 1.82) is 0 Å². The van der Waals surface area contributed by atoms with Crippen LogP contribution in [-0.4, -0.2) is 19.0 Å². The van der Waals surface area contributed by atoms with Crippen molar-refractivity contribution in [1.82, 2.24) is 0 Å². The van der Waals surface area contributed by atoms with E-state index in [1.807, 2.05) is 19.9 Å². The molecule has 2 nitrogen and oxygen atoms in total. The minimum atomic E-state index is -0.435. The Labute approximate surface area is 99.3 Å². The van der Waals surface area contributed by atoms with Gasteiger partial charge in [-0.2, -0.15) is 0 Å². The molecule has 0 radical (unpaired) electrons. The van der Waals surface area contributed by atoms with Gasteiger partial charge in [0, 0.05) is 5.41 Å². The lowest BCUT2D eigenvalue weighted by Crippen LogP contribution is -2.46. The highest BCUT2D eigenvalue weighted by atomic mass is 16.7. The first-order chi connectivity index (χ1) is 7.39. The molecule has 1 heterocycles. The van der Waals surface area contributed by atoms with Crippen LogP contribution in [0.3, 0.4) is 0 Å². The molecule has 0 atom stereocenters. The Morgan fingerprint density at radius 3 is 2.19 bits per heavy atom. The van der Waals surface area contributed by atoms with Crippen LogP contribution in [0.5, 0.6) is 0 Å². The largest absolute Gasteiger partial charge is 0.350 e. The molecule has 1 rings (SSSR count). The number of hydrogen-bond donors (Lipinski definition) is 0. The highest BCUT2D eigenvalue weighted by molar-refractivity contribution is 5.00. The monoisotopic (exact) mass is 224 g/mol. The summed E-state index contributed by atoms with van der Waals surface area (Å²) < 4.78 is 11.5. The van der Waals surface area contributed by atoms with Crippen molar-refractivity contribution < 1.29 is 9.47 Å². The maximum atomic E-state index is 5.77. The van der Waals surface area contributed by atoms with Gasteiger partial charge in [0.1, 0.15) is 0 Å². The average molecular weight is 224 g/mol. The van der Waals surface area contributed by atoms with Crippen LogP contribution in [0.1, 0.15) is 40.5 Å². The fourth-order valence-corrected chi connectivity index (χ4v) is 1.78. The summed E-state index contributed by atoms with van der Waals surface area (Å²) in [6, 6.07) is 0. The first-order valence-corrected chi connectivity index (χ1v) is 5.91. The Hall–Kier alpha value is -0.600. The topological polar surface area (TPSA) is 18.5 Å². The molecular formula is C14H24O2. The second-order valence-corrected chi connectivity index (χ2v) is 5.46. The fraction of sp³-hybridized carbons (Fsp3) is 0.714. The van der Waals surface area contributed by atoms with Gasteiger partial charge in [0.2, 0.25) is 0 Å². The summed E-state index contributed by atoms with van der Waals surface area (Å²) in [5.41, 5.74) is 1.42. The molecule has 0 aromatic heterocycles. The van der Waals surface area contributed by atoms with Gasteiger partial charge in [-0.1, -0.05) is 17.7 Å². The lowest BCUT2D eigenvalue weighted by atomic mass is 9.81. The van der Waals surface area contributed by atoms with Crippen molar-refractivity contribution in [3.05, 3.63) is 24.3 Å². The van der Waals surface area contributed by atoms with Gasteiger partial charge in [0.15, 0.2) is 5.79 Å². The SMILES string of the molecule is C=CCC1(CC=C(C)C)COC(C)(C)OC1. The van der Waals surface area contributed by atoms with Crippen LogP contribution in [0.2, 0.25) is 0 Å². The van der Waals surface area contributed by atoms with E-state index in [9.17, 15) is 0 Å². The second kappa shape index (κ2) is 5.15. The third-order valence-electron chi connectivity index (χ3n) is 2.97. The summed E-state index contributed by atoms with van der Waals surface area (Å²) in [4.78, 5) is 0. The Bertz CT molecular complexity index is 262. The molecule has 0 aromatic rings. The van der Waals surface area contributed by atoms with Crippen LogP contribution in [0.15, 0.2) is 24.3 Å². The number of rotatable bonds is 4. The predicted octanol–water partition coefficient (Wildman–Crippen LogP) is 3.69. The van der Waals surface area contributed by atoms with E-state index in [4.69, 9.17) is 9.47 Å². The first-order valence-electron chi connectivity index (χ1n) is 5.91. The molecule has 0 unspecified atom stereocenters. The smallest absolute Gasteiger partial charge is 0.162 e. The molecular weight excluding hydrogens is 200 g/mol. The number of allylic oxidation sites excluding steroid dienone is 3. The molecule has 0 N–H and O–H groups in total. The van der Waals surface area contributed by atoms with Crippen LogP contribution >= 0.6 is 0 Å². The zero-order valence-corrected chi connectivity index (χ0v) is 11.0. The van der Waals surface area contributed by atoms with E-state index in [1.165, 1.54) is 5.57 Å². The molecule has 2 heteroatoms. The van der Waals surface area contributed by atoms with E-state index >= 15 is 0 Å². The van der Waals surface area contributed by atoms with Gasteiger partial charge in [-0.25, -0.2) is 0 Å². The maximum absolute atomic E-state index is 5.77. The molecule has 1 aliphatic heterocycles. The summed E-state index contributed by atoms with van der Waals surface area (Å²) in [6.07, 6.45) is 6.16. The van der Waals surface area contributed by atoms with Gasteiger partial charge in [-0.3, -0.25) is 0 Å². The van der Waals surface area contributed by atoms with Gasteiger partial charge in [-0.05, 0) is 40.5 Å². The number of ether oxygens (including phenoxy) is 2. The van der Waals surface area contributed by atoms with Crippen LogP contribution in [0, 0.1) is 5.41 Å². The molecule has 0 spiro atoms. The normalized spacial score (nSPS) is 22.5. The van der Waals surface area contributed by atoms with Gasteiger partial charge in [-0.15, -0.1) is 6.58 Å². The van der Waals surface area contributed by atoms with Gasteiger partial charge >= 0.3 is 0 Å². The van der Waals surface area contributed by atoms with E-state index < -0.39 is 5.79 Å². The molecule has 16 heavy (non-hydrogen) atoms. The molecule has 0 aliphatic carbocycles. The molecule has 1 saturated heterocycles. The first kappa shape index (κ1) is 13.5. The molecule has 0 bridgehead atoms. The molecule has 1 fully saturated rings. The summed E-state index contributed by atoms with van der Waals surface area (Å²) in [5.74, 6) is -0.435. The van der Waals surface area contributed by atoms with Crippen LogP contribution in [0.25, 0.3) is 0 Å². The highest BCUT2D eigenvalue weighted by Crippen LogP contribution is 2.36. The maximum Gasteiger partial charge on any atom is 0.162 e. The molecule has 0 amide bonds. The van der Waals surface area contributed by atoms with E-state index in [0.717, 1.165) is 26.1 Å². The van der Waals surface area contributed by atoms with Gasteiger partial charge in [0.05, 0.1) is 13.2 Å². The van der Waals surface area contributed by atoms with Crippen molar-refractivity contribution in [3.63, 3.8) is 0 Å². The molecule has 92 valence electrons. The van der Waals surface area contributed by atoms with Crippen molar-refractivity contribution in [2.45, 2.75) is 46.3 Å². The second-order valence-electron chi connectivity index (χ2n) is 5.46. The standard InChI is InChI=1S/C14H24O2/c1-6-8-14(9-7-12(2)3)10-15-13(4,5)16-11-14/h6-7H,1,8-11H2,2-5H3. The van der Waals surface area contributed by atoms with Crippen LogP contribution in [0.4, 0.5) is 0 Å². The minimum Gasteiger partial charge on any atom is -0.350 e. The van der Waals surface area contributed by atoms with Crippen molar-refractivity contribution in [3.8, 4) is 0 Å². The Morgan fingerprint density at radius 1 is 1.19 bits per heavy atom. The Kier molecular flexibility index (Phi) is 4.34. The van der Waals surface area contributed by atoms with E-state index in [0.29, 0.717) is 0 Å². The third kappa shape index (κ3) is 3.76. The Balaban J connectivity index is 2.68. The molecule has 0 aromatic carbocycles. The van der Waals surface area contributed by atoms with Crippen molar-refractivity contribution in [2.75, 3.05) is 13.2 Å². The van der Waals surface area contributed by atoms with E-state index in [-0.39, 0.29) is 5.41 Å². The van der Waals surface area contributed by atoms with Gasteiger partial charge in [0.25, 0.3) is 0 Å². The predicted molar refractivity (Wildman–Crippen MR) is 67.3 cm³/mol. The summed E-state index contributed by atoms with van der Waals surface area (Å²) in [7, 11) is 0. The number of hydrogen-bond acceptors (Lipinski definition) is 2. The quantitative estimate of drug-likeness (QED) is 0.678. The summed E-state index contributed by atoms with van der Waals surface area (Å²) in [5, 5.41) is 0. The van der Waals surface area contributed by atoms with Crippen LogP contribution in [-0.2, 0) is 9.47 Å². The summed E-state index contributed by atoms with van der Waals surface area (Å²) in [6.45, 7) is 13.5. The highest BCUT2D eigenvalue weighted by Gasteiger charge is 2.38. The van der Waals surface area contributed by atoms with Crippen molar-refractivity contribution in [2.24, 2.45) is 5.41 Å². The lowest BCUT2D eigenvalue weighted by molar-refractivity contribution is -0.284. The average Bonchev–Trinajstić information content (AvgIpc) is 2.20. The lowest BCUT2D eigenvalue weighted by Gasteiger charge is -2.42. The van der Waals surface area contributed by atoms with Crippen LogP contribution < -0.4 is 0 Å². The zero-order valence-electron chi connectivity index (χ0n) is 11.0. The Morgan fingerprint density at radius 2 is 1.75 bits per heavy atom. The van der Waals surface area contributed by atoms with E-state index in [2.05, 4.69) is 26.5 Å². The van der Waals surface area contributed by atoms with E-state index in [1.54, 1.807) is 0 Å². The minimum absolute atomic E-state index is 0.0779. The fourth-order valence-electron chi connectivity index (χ4n) is 1.78. The third-order valence-corrected chi connectivity index (χ3v) is 2.97. The van der Waals surface area contributed by atoms with Gasteiger partial charge < -0.3 is 9.47 Å². The molecule has 0 saturated carbocycles. The summed E-state index contributed by atoms with van der Waals surface area (Å²) >= 11 is 0. The van der Waals surface area contributed by atoms with Crippen molar-refractivity contribution >= 4 is 0 Å². The zero-order chi connectivity index (χ0) is 12.2. The molecule has 1 aliphatic rings.